The number of nitrogens with one attached hydrogen (secondary N) is 2. The number of rotatable bonds is 7. The molecule has 0 heterocycles. The van der Waals surface area contributed by atoms with Gasteiger partial charge in [-0.05, 0) is 62.2 Å². The fourth-order valence-electron chi connectivity index (χ4n) is 2.37. The summed E-state index contributed by atoms with van der Waals surface area (Å²) >= 11 is 0. The molecular formula is C18H23N3O3S. The van der Waals surface area contributed by atoms with Crippen molar-refractivity contribution in [1.29, 1.82) is 0 Å². The van der Waals surface area contributed by atoms with Crippen molar-refractivity contribution in [2.45, 2.75) is 31.6 Å². The second-order valence-corrected chi connectivity index (χ2v) is 7.55. The lowest BCUT2D eigenvalue weighted by Crippen LogP contribution is -2.16. The Kier molecular flexibility index (Phi) is 6.17. The number of amides is 1. The summed E-state index contributed by atoms with van der Waals surface area (Å²) in [4.78, 5) is 11.9. The van der Waals surface area contributed by atoms with Crippen molar-refractivity contribution in [1.82, 2.24) is 0 Å². The largest absolute Gasteiger partial charge is 0.330 e. The van der Waals surface area contributed by atoms with Gasteiger partial charge < -0.3 is 11.1 Å². The maximum absolute atomic E-state index is 12.7. The molecule has 0 aliphatic rings. The van der Waals surface area contributed by atoms with Crippen LogP contribution in [0.25, 0.3) is 0 Å². The van der Waals surface area contributed by atoms with Gasteiger partial charge >= 0.3 is 0 Å². The van der Waals surface area contributed by atoms with Crippen molar-refractivity contribution in [2.75, 3.05) is 16.6 Å². The highest BCUT2D eigenvalue weighted by molar-refractivity contribution is 7.92. The Morgan fingerprint density at radius 3 is 2.52 bits per heavy atom. The zero-order valence-corrected chi connectivity index (χ0v) is 15.2. The molecule has 0 bridgehead atoms. The standard InChI is InChI=1S/C18H23N3O3S/c1-13-5-3-6-16(11-13)21-25(23,24)17-12-15(9-8-14(17)2)20-18(22)7-4-10-19/h3,5-6,8-9,11-12,21H,4,7,10,19H2,1-2H3,(H,20,22). The molecule has 2 aromatic carbocycles. The number of benzene rings is 2. The van der Waals surface area contributed by atoms with Gasteiger partial charge in [0.15, 0.2) is 0 Å². The first-order valence-electron chi connectivity index (χ1n) is 8.02. The molecule has 0 saturated heterocycles. The summed E-state index contributed by atoms with van der Waals surface area (Å²) in [5, 5.41) is 2.70. The zero-order valence-electron chi connectivity index (χ0n) is 14.4. The van der Waals surface area contributed by atoms with Crippen molar-refractivity contribution in [3.8, 4) is 0 Å². The minimum absolute atomic E-state index is 0.130. The van der Waals surface area contributed by atoms with Crippen LogP contribution in [0.4, 0.5) is 11.4 Å². The van der Waals surface area contributed by atoms with Gasteiger partial charge in [0, 0.05) is 17.8 Å². The van der Waals surface area contributed by atoms with E-state index in [4.69, 9.17) is 5.73 Å². The second kappa shape index (κ2) is 8.13. The Morgan fingerprint density at radius 2 is 1.84 bits per heavy atom. The summed E-state index contributed by atoms with van der Waals surface area (Å²) in [5.74, 6) is -0.190. The lowest BCUT2D eigenvalue weighted by atomic mass is 10.2. The average Bonchev–Trinajstić information content (AvgIpc) is 2.54. The summed E-state index contributed by atoms with van der Waals surface area (Å²) in [6, 6.07) is 11.9. The zero-order chi connectivity index (χ0) is 18.4. The molecule has 0 aromatic heterocycles. The van der Waals surface area contributed by atoms with E-state index < -0.39 is 10.0 Å². The van der Waals surface area contributed by atoms with Crippen molar-refractivity contribution in [3.63, 3.8) is 0 Å². The first kappa shape index (κ1) is 19.0. The molecular weight excluding hydrogens is 338 g/mol. The van der Waals surface area contributed by atoms with Gasteiger partial charge in [-0.15, -0.1) is 0 Å². The van der Waals surface area contributed by atoms with E-state index in [1.807, 2.05) is 13.0 Å². The predicted octanol–water partition coefficient (Wildman–Crippen LogP) is 2.78. The Hall–Kier alpha value is -2.38. The topological polar surface area (TPSA) is 101 Å². The first-order valence-corrected chi connectivity index (χ1v) is 9.50. The van der Waals surface area contributed by atoms with E-state index in [1.165, 1.54) is 6.07 Å². The van der Waals surface area contributed by atoms with Gasteiger partial charge in [-0.3, -0.25) is 9.52 Å². The molecule has 1 amide bonds. The van der Waals surface area contributed by atoms with E-state index in [-0.39, 0.29) is 10.8 Å². The van der Waals surface area contributed by atoms with Crippen LogP contribution in [0.5, 0.6) is 0 Å². The lowest BCUT2D eigenvalue weighted by molar-refractivity contribution is -0.116. The van der Waals surface area contributed by atoms with Crippen LogP contribution in [0.3, 0.4) is 0 Å². The van der Waals surface area contributed by atoms with Crippen molar-refractivity contribution in [2.24, 2.45) is 5.73 Å². The maximum atomic E-state index is 12.7. The molecule has 4 N–H and O–H groups in total. The second-order valence-electron chi connectivity index (χ2n) is 5.90. The van der Waals surface area contributed by atoms with Crippen LogP contribution in [0, 0.1) is 13.8 Å². The van der Waals surface area contributed by atoms with Gasteiger partial charge in [-0.25, -0.2) is 8.42 Å². The molecule has 0 unspecified atom stereocenters. The first-order chi connectivity index (χ1) is 11.8. The summed E-state index contributed by atoms with van der Waals surface area (Å²) in [6.07, 6.45) is 0.881. The molecule has 2 rings (SSSR count). The van der Waals surface area contributed by atoms with E-state index in [1.54, 1.807) is 37.3 Å². The number of carbonyl (C=O) groups is 1. The summed E-state index contributed by atoms with van der Waals surface area (Å²) in [6.45, 7) is 4.03. The minimum Gasteiger partial charge on any atom is -0.330 e. The van der Waals surface area contributed by atoms with E-state index in [0.29, 0.717) is 36.3 Å². The van der Waals surface area contributed by atoms with E-state index in [0.717, 1.165) is 5.56 Å². The Bertz CT molecular complexity index is 864. The van der Waals surface area contributed by atoms with Gasteiger partial charge in [0.05, 0.1) is 4.90 Å². The summed E-state index contributed by atoms with van der Waals surface area (Å²) < 4.78 is 28.0. The van der Waals surface area contributed by atoms with Crippen molar-refractivity contribution >= 4 is 27.3 Å². The molecule has 0 atom stereocenters. The van der Waals surface area contributed by atoms with E-state index >= 15 is 0 Å². The van der Waals surface area contributed by atoms with Crippen LogP contribution >= 0.6 is 0 Å². The van der Waals surface area contributed by atoms with Crippen LogP contribution in [-0.4, -0.2) is 20.9 Å². The molecule has 7 heteroatoms. The fraction of sp³-hybridized carbons (Fsp3) is 0.278. The minimum atomic E-state index is -3.76. The molecule has 0 fully saturated rings. The predicted molar refractivity (Wildman–Crippen MR) is 100 cm³/mol. The van der Waals surface area contributed by atoms with Crippen LogP contribution in [-0.2, 0) is 14.8 Å². The summed E-state index contributed by atoms with van der Waals surface area (Å²) in [5.41, 5.74) is 7.88. The van der Waals surface area contributed by atoms with Gasteiger partial charge in [0.2, 0.25) is 5.91 Å². The number of aryl methyl sites for hydroxylation is 2. The van der Waals surface area contributed by atoms with Crippen molar-refractivity contribution < 1.29 is 13.2 Å². The molecule has 0 saturated carbocycles. The van der Waals surface area contributed by atoms with Crippen LogP contribution in [0.2, 0.25) is 0 Å². The molecule has 2 aromatic rings. The van der Waals surface area contributed by atoms with Crippen LogP contribution < -0.4 is 15.8 Å². The Balaban J connectivity index is 2.24. The van der Waals surface area contributed by atoms with Gasteiger partial charge in [0.25, 0.3) is 10.0 Å². The quantitative estimate of drug-likeness (QED) is 0.706. The SMILES string of the molecule is Cc1cccc(NS(=O)(=O)c2cc(NC(=O)CCCN)ccc2C)c1. The normalized spacial score (nSPS) is 11.2. The smallest absolute Gasteiger partial charge is 0.262 e. The third-order valence-electron chi connectivity index (χ3n) is 3.64. The molecule has 25 heavy (non-hydrogen) atoms. The molecule has 6 nitrogen and oxygen atoms in total. The molecule has 0 radical (unpaired) electrons. The van der Waals surface area contributed by atoms with Crippen molar-refractivity contribution in [3.05, 3.63) is 53.6 Å². The number of sulfonamides is 1. The highest BCUT2D eigenvalue weighted by atomic mass is 32.2. The third-order valence-corrected chi connectivity index (χ3v) is 5.16. The highest BCUT2D eigenvalue weighted by Crippen LogP contribution is 2.23. The van der Waals surface area contributed by atoms with Crippen LogP contribution in [0.1, 0.15) is 24.0 Å². The molecule has 134 valence electrons. The molecule has 0 spiro atoms. The van der Waals surface area contributed by atoms with E-state index in [2.05, 4.69) is 10.0 Å². The average molecular weight is 361 g/mol. The Labute approximate surface area is 148 Å². The highest BCUT2D eigenvalue weighted by Gasteiger charge is 2.18. The third kappa shape index (κ3) is 5.30. The monoisotopic (exact) mass is 361 g/mol. The lowest BCUT2D eigenvalue weighted by Gasteiger charge is -2.13. The number of hydrogen-bond donors (Lipinski definition) is 3. The number of anilines is 2. The maximum Gasteiger partial charge on any atom is 0.262 e. The Morgan fingerprint density at radius 1 is 1.08 bits per heavy atom. The van der Waals surface area contributed by atoms with Gasteiger partial charge in [-0.2, -0.15) is 0 Å². The number of hydrogen-bond acceptors (Lipinski definition) is 4. The number of carbonyl (C=O) groups excluding carboxylic acids is 1. The summed E-state index contributed by atoms with van der Waals surface area (Å²) in [7, 11) is -3.76. The number of nitrogens with two attached hydrogens (primary N) is 1. The van der Waals surface area contributed by atoms with Gasteiger partial charge in [-0.1, -0.05) is 18.2 Å². The molecule has 0 aliphatic carbocycles. The van der Waals surface area contributed by atoms with Gasteiger partial charge in [0.1, 0.15) is 0 Å². The van der Waals surface area contributed by atoms with E-state index in [9.17, 15) is 13.2 Å². The fourth-order valence-corrected chi connectivity index (χ4v) is 3.69. The van der Waals surface area contributed by atoms with Crippen LogP contribution in [0.15, 0.2) is 47.4 Å². The molecule has 0 aliphatic heterocycles.